The molecule has 0 bridgehead atoms. The molecule has 6 heteroatoms. The van der Waals surface area contributed by atoms with E-state index < -0.39 is 6.10 Å². The lowest BCUT2D eigenvalue weighted by Gasteiger charge is -2.18. The Hall–Kier alpha value is -1.85. The summed E-state index contributed by atoms with van der Waals surface area (Å²) in [6.45, 7) is 6.64. The van der Waals surface area contributed by atoms with Gasteiger partial charge in [-0.25, -0.2) is 0 Å². The minimum Gasteiger partial charge on any atom is -0.462 e. The lowest BCUT2D eigenvalue weighted by molar-refractivity contribution is -0.167. The Bertz CT molecular complexity index is 900. The van der Waals surface area contributed by atoms with Crippen molar-refractivity contribution in [3.63, 3.8) is 0 Å². The fourth-order valence-corrected chi connectivity index (χ4v) is 7.61. The van der Waals surface area contributed by atoms with Crippen LogP contribution in [0.15, 0.2) is 12.2 Å². The lowest BCUT2D eigenvalue weighted by Crippen LogP contribution is -2.30. The predicted molar refractivity (Wildman–Crippen MR) is 247 cm³/mol. The van der Waals surface area contributed by atoms with Crippen LogP contribution in [0.5, 0.6) is 0 Å². The second-order valence-electron chi connectivity index (χ2n) is 17.4. The third-order valence-corrected chi connectivity index (χ3v) is 11.5. The first kappa shape index (κ1) is 56.1. The third kappa shape index (κ3) is 45.2. The van der Waals surface area contributed by atoms with E-state index in [1.54, 1.807) is 0 Å². The van der Waals surface area contributed by atoms with Crippen LogP contribution in [0.3, 0.4) is 0 Å². The van der Waals surface area contributed by atoms with Gasteiger partial charge in [0, 0.05) is 19.3 Å². The van der Waals surface area contributed by atoms with Crippen LogP contribution in [0.4, 0.5) is 0 Å². The van der Waals surface area contributed by atoms with E-state index in [-0.39, 0.29) is 31.1 Å². The quantitative estimate of drug-likeness (QED) is 0.0263. The smallest absolute Gasteiger partial charge is 0.306 e. The lowest BCUT2D eigenvalue weighted by atomic mass is 10.0. The van der Waals surface area contributed by atoms with Crippen LogP contribution in [0.1, 0.15) is 284 Å². The van der Waals surface area contributed by atoms with Gasteiger partial charge >= 0.3 is 17.9 Å². The summed E-state index contributed by atoms with van der Waals surface area (Å²) in [5.41, 5.74) is 0. The first-order valence-corrected chi connectivity index (χ1v) is 25.7. The number of hydrogen-bond donors (Lipinski definition) is 0. The van der Waals surface area contributed by atoms with Gasteiger partial charge in [0.1, 0.15) is 13.2 Å². The molecule has 0 amide bonds. The summed E-state index contributed by atoms with van der Waals surface area (Å²) in [4.78, 5) is 37.8. The van der Waals surface area contributed by atoms with Crippen LogP contribution in [-0.2, 0) is 28.6 Å². The molecule has 0 aromatic heterocycles. The summed E-state index contributed by atoms with van der Waals surface area (Å²) in [5.74, 6) is -0.859. The Balaban J connectivity index is 4.26. The van der Waals surface area contributed by atoms with Crippen molar-refractivity contribution in [2.75, 3.05) is 13.2 Å². The van der Waals surface area contributed by atoms with Crippen molar-refractivity contribution < 1.29 is 28.6 Å². The number of esters is 3. The zero-order chi connectivity index (χ0) is 42.3. The van der Waals surface area contributed by atoms with Crippen molar-refractivity contribution in [2.24, 2.45) is 0 Å². The van der Waals surface area contributed by atoms with Crippen LogP contribution < -0.4 is 0 Å². The Labute approximate surface area is 360 Å². The van der Waals surface area contributed by atoms with Crippen molar-refractivity contribution >= 4 is 17.9 Å². The molecule has 0 aliphatic heterocycles. The molecule has 0 aromatic rings. The van der Waals surface area contributed by atoms with Crippen LogP contribution in [0.25, 0.3) is 0 Å². The van der Waals surface area contributed by atoms with Crippen molar-refractivity contribution in [3.05, 3.63) is 12.2 Å². The van der Waals surface area contributed by atoms with Crippen LogP contribution >= 0.6 is 0 Å². The minimum atomic E-state index is -0.763. The molecule has 58 heavy (non-hydrogen) atoms. The molecular weight excluding hydrogens is 721 g/mol. The molecule has 0 aliphatic rings. The number of carbonyl (C=O) groups is 3. The monoisotopic (exact) mass is 819 g/mol. The van der Waals surface area contributed by atoms with E-state index in [0.29, 0.717) is 19.3 Å². The number of rotatable bonds is 47. The first-order valence-electron chi connectivity index (χ1n) is 25.7. The van der Waals surface area contributed by atoms with Crippen molar-refractivity contribution in [2.45, 2.75) is 290 Å². The fourth-order valence-electron chi connectivity index (χ4n) is 7.61. The van der Waals surface area contributed by atoms with Crippen LogP contribution in [-0.4, -0.2) is 37.2 Å². The standard InChI is InChI=1S/C52H98O6/c1-4-7-10-13-16-19-21-23-24-25-26-27-29-30-33-36-39-42-45-51(54)57-48-49(47-56-50(53)44-41-38-35-32-18-15-12-9-6-3)58-52(55)46-43-40-37-34-31-28-22-20-17-14-11-8-5-2/h24-25,49H,4-23,26-48H2,1-3H3/b25-24-. The molecule has 342 valence electrons. The maximum atomic E-state index is 12.7. The molecule has 0 saturated heterocycles. The highest BCUT2D eigenvalue weighted by Crippen LogP contribution is 2.16. The summed E-state index contributed by atoms with van der Waals surface area (Å²) in [6, 6.07) is 0. The molecule has 0 fully saturated rings. The predicted octanol–water partition coefficient (Wildman–Crippen LogP) is 16.6. The van der Waals surface area contributed by atoms with Gasteiger partial charge in [0.25, 0.3) is 0 Å². The zero-order valence-electron chi connectivity index (χ0n) is 39.1. The largest absolute Gasteiger partial charge is 0.462 e. The third-order valence-electron chi connectivity index (χ3n) is 11.5. The number of hydrogen-bond acceptors (Lipinski definition) is 6. The summed E-state index contributed by atoms with van der Waals surface area (Å²) in [5, 5.41) is 0. The normalized spacial score (nSPS) is 12.0. The first-order chi connectivity index (χ1) is 28.5. The Morgan fingerprint density at radius 1 is 0.328 bits per heavy atom. The summed E-state index contributed by atoms with van der Waals surface area (Å²) in [7, 11) is 0. The number of ether oxygens (including phenoxy) is 3. The molecule has 0 rings (SSSR count). The Morgan fingerprint density at radius 2 is 0.569 bits per heavy atom. The minimum absolute atomic E-state index is 0.0666. The van der Waals surface area contributed by atoms with Gasteiger partial charge < -0.3 is 14.2 Å². The van der Waals surface area contributed by atoms with Crippen LogP contribution in [0.2, 0.25) is 0 Å². The maximum absolute atomic E-state index is 12.7. The van der Waals surface area contributed by atoms with Gasteiger partial charge in [-0.3, -0.25) is 14.4 Å². The Kier molecular flexibility index (Phi) is 46.3. The second-order valence-corrected chi connectivity index (χ2v) is 17.4. The second kappa shape index (κ2) is 47.8. The van der Waals surface area contributed by atoms with E-state index in [1.807, 2.05) is 0 Å². The fraction of sp³-hybridized carbons (Fsp3) is 0.904. The van der Waals surface area contributed by atoms with Gasteiger partial charge in [-0.2, -0.15) is 0 Å². The highest BCUT2D eigenvalue weighted by atomic mass is 16.6. The molecule has 0 aromatic carbocycles. The molecular formula is C52H98O6. The van der Waals surface area contributed by atoms with Crippen molar-refractivity contribution in [1.82, 2.24) is 0 Å². The van der Waals surface area contributed by atoms with Crippen molar-refractivity contribution in [1.29, 1.82) is 0 Å². The average molecular weight is 819 g/mol. The SMILES string of the molecule is CCCCCCCCC/C=C\CCCCCCCCCC(=O)OCC(COC(=O)CCCCCCCCCCC)OC(=O)CCCCCCCCCCCCCCC. The number of carbonyl (C=O) groups excluding carboxylic acids is 3. The topological polar surface area (TPSA) is 78.9 Å². The molecule has 6 nitrogen and oxygen atoms in total. The van der Waals surface area contributed by atoms with E-state index >= 15 is 0 Å². The van der Waals surface area contributed by atoms with Gasteiger partial charge in [-0.05, 0) is 44.9 Å². The highest BCUT2D eigenvalue weighted by molar-refractivity contribution is 5.71. The average Bonchev–Trinajstić information content (AvgIpc) is 3.22. The molecule has 1 atom stereocenters. The van der Waals surface area contributed by atoms with Gasteiger partial charge in [-0.15, -0.1) is 0 Å². The number of unbranched alkanes of at least 4 members (excludes halogenated alkanes) is 34. The van der Waals surface area contributed by atoms with E-state index in [1.165, 1.54) is 186 Å². The Morgan fingerprint density at radius 3 is 0.862 bits per heavy atom. The van der Waals surface area contributed by atoms with E-state index in [2.05, 4.69) is 32.9 Å². The number of allylic oxidation sites excluding steroid dienone is 2. The highest BCUT2D eigenvalue weighted by Gasteiger charge is 2.19. The summed E-state index contributed by atoms with van der Waals surface area (Å²) < 4.78 is 16.8. The van der Waals surface area contributed by atoms with E-state index in [9.17, 15) is 14.4 Å². The van der Waals surface area contributed by atoms with Gasteiger partial charge in [0.05, 0.1) is 0 Å². The van der Waals surface area contributed by atoms with Gasteiger partial charge in [-0.1, -0.05) is 232 Å². The molecule has 0 N–H and O–H groups in total. The molecule has 0 heterocycles. The maximum Gasteiger partial charge on any atom is 0.306 e. The molecule has 0 aliphatic carbocycles. The van der Waals surface area contributed by atoms with E-state index in [4.69, 9.17) is 14.2 Å². The van der Waals surface area contributed by atoms with Gasteiger partial charge in [0.15, 0.2) is 6.10 Å². The molecule has 0 spiro atoms. The van der Waals surface area contributed by atoms with Gasteiger partial charge in [0.2, 0.25) is 0 Å². The van der Waals surface area contributed by atoms with Crippen molar-refractivity contribution in [3.8, 4) is 0 Å². The summed E-state index contributed by atoms with van der Waals surface area (Å²) >= 11 is 0. The molecule has 1 unspecified atom stereocenters. The van der Waals surface area contributed by atoms with E-state index in [0.717, 1.165) is 57.8 Å². The molecule has 0 radical (unpaired) electrons. The molecule has 0 saturated carbocycles. The summed E-state index contributed by atoms with van der Waals surface area (Å²) in [6.07, 6.45) is 52.0. The zero-order valence-corrected chi connectivity index (χ0v) is 39.1. The van der Waals surface area contributed by atoms with Crippen LogP contribution in [0, 0.1) is 0 Å².